The van der Waals surface area contributed by atoms with Crippen molar-refractivity contribution in [2.75, 3.05) is 13.6 Å². The number of likely N-dealkylation sites (N-methyl/N-ethyl adjacent to an activating group) is 1. The maximum atomic E-state index is 13.2. The lowest BCUT2D eigenvalue weighted by Crippen LogP contribution is -2.23. The van der Waals surface area contributed by atoms with Gasteiger partial charge < -0.3 is 4.90 Å². The van der Waals surface area contributed by atoms with Gasteiger partial charge in [0.25, 0.3) is 6.43 Å². The Labute approximate surface area is 123 Å². The van der Waals surface area contributed by atoms with Gasteiger partial charge in [-0.15, -0.1) is 0 Å². The highest BCUT2D eigenvalue weighted by Gasteiger charge is 2.22. The van der Waals surface area contributed by atoms with E-state index < -0.39 is 6.43 Å². The van der Waals surface area contributed by atoms with Crippen LogP contribution in [0.25, 0.3) is 5.57 Å². The highest BCUT2D eigenvalue weighted by atomic mass is 19.3. The Hall–Kier alpha value is -1.91. The molecule has 1 aliphatic carbocycles. The molecule has 0 N–H and O–H groups in total. The van der Waals surface area contributed by atoms with Crippen molar-refractivity contribution in [3.63, 3.8) is 0 Å². The van der Waals surface area contributed by atoms with Gasteiger partial charge in [0.05, 0.1) is 0 Å². The second-order valence-electron chi connectivity index (χ2n) is 5.61. The fourth-order valence-corrected chi connectivity index (χ4v) is 3.05. The van der Waals surface area contributed by atoms with E-state index >= 15 is 0 Å². The first-order valence-corrected chi connectivity index (χ1v) is 7.19. The summed E-state index contributed by atoms with van der Waals surface area (Å²) in [5, 5.41) is 3.91. The predicted molar refractivity (Wildman–Crippen MR) is 78.8 cm³/mol. The van der Waals surface area contributed by atoms with Crippen LogP contribution in [-0.2, 0) is 7.05 Å². The van der Waals surface area contributed by atoms with Crippen LogP contribution in [0.15, 0.2) is 35.7 Å². The molecule has 3 nitrogen and oxygen atoms in total. The number of rotatable bonds is 2. The molecule has 112 valence electrons. The Kier molecular flexibility index (Phi) is 3.66. The number of halogens is 2. The van der Waals surface area contributed by atoms with Crippen molar-refractivity contribution >= 4 is 5.57 Å². The molecule has 0 aromatic carbocycles. The minimum atomic E-state index is -2.54. The molecule has 3 rings (SSSR count). The molecule has 1 aromatic heterocycles. The van der Waals surface area contributed by atoms with Gasteiger partial charge in [0.1, 0.15) is 5.69 Å². The number of nitrogens with zero attached hydrogens (tertiary/aromatic N) is 3. The Bertz CT molecular complexity index is 638. The number of allylic oxidation sites excluding steroid dienone is 5. The summed E-state index contributed by atoms with van der Waals surface area (Å²) in [6.07, 6.45) is 8.14. The number of hydrogen-bond acceptors (Lipinski definition) is 2. The summed E-state index contributed by atoms with van der Waals surface area (Å²) in [5.41, 5.74) is 3.81. The highest BCUT2D eigenvalue weighted by molar-refractivity contribution is 5.72. The SMILES string of the molecule is CN1CCCC2=C1C=CCC(c1cn(C)nc1C(F)F)=C2. The number of aromatic nitrogens is 2. The third-order valence-electron chi connectivity index (χ3n) is 4.05. The Morgan fingerprint density at radius 1 is 1.29 bits per heavy atom. The van der Waals surface area contributed by atoms with Crippen molar-refractivity contribution in [1.82, 2.24) is 14.7 Å². The van der Waals surface area contributed by atoms with Gasteiger partial charge in [-0.05, 0) is 36.5 Å². The maximum absolute atomic E-state index is 13.2. The molecule has 0 spiro atoms. The second kappa shape index (κ2) is 5.47. The Balaban J connectivity index is 2.06. The summed E-state index contributed by atoms with van der Waals surface area (Å²) in [6.45, 7) is 1.04. The standard InChI is InChI=1S/C16H19F2N3/c1-20-8-4-6-12-9-11(5-3-7-14(12)20)13-10-21(2)19-15(13)16(17)18/h3,7,9-10,16H,4-6,8H2,1-2H3. The molecular weight excluding hydrogens is 272 g/mol. The predicted octanol–water partition coefficient (Wildman–Crippen LogP) is 3.68. The van der Waals surface area contributed by atoms with Crippen LogP contribution in [0.3, 0.4) is 0 Å². The quantitative estimate of drug-likeness (QED) is 0.829. The molecule has 2 aliphatic rings. The van der Waals surface area contributed by atoms with Crippen molar-refractivity contribution in [2.45, 2.75) is 25.7 Å². The summed E-state index contributed by atoms with van der Waals surface area (Å²) >= 11 is 0. The zero-order valence-corrected chi connectivity index (χ0v) is 12.3. The van der Waals surface area contributed by atoms with E-state index in [1.165, 1.54) is 16.0 Å². The van der Waals surface area contributed by atoms with Crippen LogP contribution in [0.1, 0.15) is 36.9 Å². The first kappa shape index (κ1) is 14.0. The number of alkyl halides is 2. The lowest BCUT2D eigenvalue weighted by molar-refractivity contribution is 0.145. The largest absolute Gasteiger partial charge is 0.374 e. The van der Waals surface area contributed by atoms with E-state index in [4.69, 9.17) is 0 Å². The first-order valence-electron chi connectivity index (χ1n) is 7.19. The third-order valence-corrected chi connectivity index (χ3v) is 4.05. The van der Waals surface area contributed by atoms with Gasteiger partial charge >= 0.3 is 0 Å². The van der Waals surface area contributed by atoms with E-state index in [2.05, 4.69) is 35.3 Å². The van der Waals surface area contributed by atoms with E-state index in [9.17, 15) is 8.78 Å². The normalized spacial score (nSPS) is 18.9. The topological polar surface area (TPSA) is 21.1 Å². The van der Waals surface area contributed by atoms with Gasteiger partial charge in [-0.3, -0.25) is 4.68 Å². The molecule has 0 unspecified atom stereocenters. The van der Waals surface area contributed by atoms with Gasteiger partial charge in [0.2, 0.25) is 0 Å². The van der Waals surface area contributed by atoms with Crippen LogP contribution in [0.4, 0.5) is 8.78 Å². The van der Waals surface area contributed by atoms with Gasteiger partial charge in [-0.25, -0.2) is 8.78 Å². The fraction of sp³-hybridized carbons (Fsp3) is 0.438. The average Bonchev–Trinajstić information content (AvgIpc) is 2.69. The van der Waals surface area contributed by atoms with Crippen molar-refractivity contribution in [2.24, 2.45) is 7.05 Å². The van der Waals surface area contributed by atoms with E-state index in [-0.39, 0.29) is 5.69 Å². The molecule has 5 heteroatoms. The average molecular weight is 291 g/mol. The maximum Gasteiger partial charge on any atom is 0.282 e. The molecule has 0 radical (unpaired) electrons. The highest BCUT2D eigenvalue weighted by Crippen LogP contribution is 2.34. The summed E-state index contributed by atoms with van der Waals surface area (Å²) in [6, 6.07) is 0. The van der Waals surface area contributed by atoms with Gasteiger partial charge in [0, 0.05) is 38.1 Å². The number of hydrogen-bond donors (Lipinski definition) is 0. The van der Waals surface area contributed by atoms with Gasteiger partial charge in [-0.2, -0.15) is 5.10 Å². The van der Waals surface area contributed by atoms with E-state index in [1.54, 1.807) is 13.2 Å². The van der Waals surface area contributed by atoms with Gasteiger partial charge in [-0.1, -0.05) is 12.2 Å². The molecule has 1 aliphatic heterocycles. The summed E-state index contributed by atoms with van der Waals surface area (Å²) in [5.74, 6) is 0. The Morgan fingerprint density at radius 2 is 2.10 bits per heavy atom. The van der Waals surface area contributed by atoms with Crippen molar-refractivity contribution in [1.29, 1.82) is 0 Å². The van der Waals surface area contributed by atoms with E-state index in [1.807, 2.05) is 0 Å². The van der Waals surface area contributed by atoms with Crippen LogP contribution in [0.5, 0.6) is 0 Å². The van der Waals surface area contributed by atoms with Crippen LogP contribution < -0.4 is 0 Å². The van der Waals surface area contributed by atoms with Crippen LogP contribution >= 0.6 is 0 Å². The molecule has 0 amide bonds. The van der Waals surface area contributed by atoms with Crippen molar-refractivity contribution in [3.8, 4) is 0 Å². The molecule has 21 heavy (non-hydrogen) atoms. The third kappa shape index (κ3) is 2.64. The van der Waals surface area contributed by atoms with E-state index in [0.29, 0.717) is 12.0 Å². The second-order valence-corrected chi connectivity index (χ2v) is 5.61. The zero-order chi connectivity index (χ0) is 15.0. The zero-order valence-electron chi connectivity index (χ0n) is 12.3. The molecule has 0 saturated heterocycles. The summed E-state index contributed by atoms with van der Waals surface area (Å²) in [4.78, 5) is 2.23. The van der Waals surface area contributed by atoms with Crippen molar-refractivity contribution in [3.05, 3.63) is 47.0 Å². The first-order chi connectivity index (χ1) is 10.1. The van der Waals surface area contributed by atoms with Crippen LogP contribution in [0, 0.1) is 0 Å². The lowest BCUT2D eigenvalue weighted by atomic mass is 9.97. The molecule has 1 aromatic rings. The minimum absolute atomic E-state index is 0.120. The smallest absolute Gasteiger partial charge is 0.282 e. The lowest BCUT2D eigenvalue weighted by Gasteiger charge is -2.27. The minimum Gasteiger partial charge on any atom is -0.374 e. The summed E-state index contributed by atoms with van der Waals surface area (Å²) < 4.78 is 27.8. The van der Waals surface area contributed by atoms with Crippen LogP contribution in [-0.4, -0.2) is 28.3 Å². The monoisotopic (exact) mass is 291 g/mol. The van der Waals surface area contributed by atoms with Crippen LogP contribution in [0.2, 0.25) is 0 Å². The summed E-state index contributed by atoms with van der Waals surface area (Å²) in [7, 11) is 3.76. The van der Waals surface area contributed by atoms with Gasteiger partial charge in [0.15, 0.2) is 0 Å². The van der Waals surface area contributed by atoms with Crippen molar-refractivity contribution < 1.29 is 8.78 Å². The fourth-order valence-electron chi connectivity index (χ4n) is 3.05. The Morgan fingerprint density at radius 3 is 2.86 bits per heavy atom. The molecule has 2 heterocycles. The molecule has 0 atom stereocenters. The molecule has 0 saturated carbocycles. The molecule has 0 fully saturated rings. The number of aryl methyl sites for hydroxylation is 1. The molecule has 0 bridgehead atoms. The molecular formula is C16H19F2N3. The van der Waals surface area contributed by atoms with E-state index in [0.717, 1.165) is 25.0 Å².